The first-order chi connectivity index (χ1) is 7.54. The van der Waals surface area contributed by atoms with Gasteiger partial charge in [0.25, 0.3) is 0 Å². The highest BCUT2D eigenvalue weighted by Crippen LogP contribution is 2.26. The van der Waals surface area contributed by atoms with E-state index in [9.17, 15) is 12.9 Å². The lowest BCUT2D eigenvalue weighted by Gasteiger charge is -2.18. The third-order valence-electron chi connectivity index (χ3n) is 2.49. The van der Waals surface area contributed by atoms with Crippen LogP contribution < -0.4 is 10.2 Å². The number of halogens is 3. The van der Waals surface area contributed by atoms with Crippen LogP contribution in [0.4, 0.5) is 12.9 Å². The van der Waals surface area contributed by atoms with Gasteiger partial charge in [-0.05, 0) is 11.5 Å². The molecule has 0 aromatic heterocycles. The molecule has 2 aromatic carbocycles. The monoisotopic (exact) mass is 225 g/mol. The third kappa shape index (κ3) is 1.73. The first-order valence-corrected chi connectivity index (χ1v) is 4.79. The van der Waals surface area contributed by atoms with Gasteiger partial charge >= 0.3 is 6.98 Å². The van der Waals surface area contributed by atoms with Crippen molar-refractivity contribution in [3.63, 3.8) is 0 Å². The molecular weight excluding hydrogens is 216 g/mol. The maximum absolute atomic E-state index is 12.8. The second-order valence-corrected chi connectivity index (χ2v) is 3.48. The van der Waals surface area contributed by atoms with Crippen molar-refractivity contribution in [2.45, 2.75) is 0 Å². The Labute approximate surface area is 90.9 Å². The van der Waals surface area contributed by atoms with Crippen LogP contribution in [0.15, 0.2) is 36.4 Å². The van der Waals surface area contributed by atoms with Gasteiger partial charge in [-0.25, -0.2) is 0 Å². The lowest BCUT2D eigenvalue weighted by Crippen LogP contribution is -2.34. The summed E-state index contributed by atoms with van der Waals surface area (Å²) >= 11 is 0. The van der Waals surface area contributed by atoms with Crippen LogP contribution in [-0.2, 0) is 0 Å². The highest BCUT2D eigenvalue weighted by atomic mass is 19.4. The highest BCUT2D eigenvalue weighted by Gasteiger charge is 2.27. The van der Waals surface area contributed by atoms with Gasteiger partial charge in [0.1, 0.15) is 5.75 Å². The molecule has 0 fully saturated rings. The van der Waals surface area contributed by atoms with E-state index >= 15 is 0 Å². The molecular formula is C11H9BF3O-. The van der Waals surface area contributed by atoms with Gasteiger partial charge in [0.15, 0.2) is 0 Å². The normalized spacial score (nSPS) is 11.8. The van der Waals surface area contributed by atoms with E-state index in [2.05, 4.69) is 0 Å². The second kappa shape index (κ2) is 3.74. The van der Waals surface area contributed by atoms with Crippen molar-refractivity contribution in [1.29, 1.82) is 0 Å². The molecule has 0 radical (unpaired) electrons. The van der Waals surface area contributed by atoms with Crippen molar-refractivity contribution in [1.82, 2.24) is 0 Å². The smallest absolute Gasteiger partial charge is 0.496 e. The topological polar surface area (TPSA) is 9.23 Å². The van der Waals surface area contributed by atoms with Gasteiger partial charge in [0.05, 0.1) is 7.11 Å². The van der Waals surface area contributed by atoms with E-state index in [-0.39, 0.29) is 5.39 Å². The molecule has 0 N–H and O–H groups in total. The molecule has 0 unspecified atom stereocenters. The van der Waals surface area contributed by atoms with Crippen LogP contribution in [0.25, 0.3) is 10.8 Å². The van der Waals surface area contributed by atoms with E-state index in [1.54, 1.807) is 18.2 Å². The van der Waals surface area contributed by atoms with Crippen molar-refractivity contribution in [2.24, 2.45) is 0 Å². The van der Waals surface area contributed by atoms with Crippen LogP contribution in [0, 0.1) is 0 Å². The highest BCUT2D eigenvalue weighted by molar-refractivity contribution is 6.76. The van der Waals surface area contributed by atoms with Gasteiger partial charge in [0, 0.05) is 5.39 Å². The Morgan fingerprint density at radius 3 is 2.12 bits per heavy atom. The predicted octanol–water partition coefficient (Wildman–Crippen LogP) is 2.90. The molecule has 0 heterocycles. The van der Waals surface area contributed by atoms with Gasteiger partial charge in [-0.3, -0.25) is 0 Å². The molecule has 0 bridgehead atoms. The molecule has 0 atom stereocenters. The van der Waals surface area contributed by atoms with Gasteiger partial charge in [-0.15, -0.1) is 5.46 Å². The van der Waals surface area contributed by atoms with Crippen LogP contribution in [-0.4, -0.2) is 14.1 Å². The van der Waals surface area contributed by atoms with E-state index in [4.69, 9.17) is 4.74 Å². The Kier molecular flexibility index (Phi) is 2.54. The molecule has 16 heavy (non-hydrogen) atoms. The number of fused-ring (bicyclic) bond motifs is 1. The fraction of sp³-hybridized carbons (Fsp3) is 0.0909. The zero-order valence-corrected chi connectivity index (χ0v) is 8.58. The number of rotatable bonds is 2. The van der Waals surface area contributed by atoms with Crippen LogP contribution >= 0.6 is 0 Å². The van der Waals surface area contributed by atoms with Gasteiger partial charge < -0.3 is 17.7 Å². The number of benzene rings is 2. The molecule has 0 aliphatic heterocycles. The summed E-state index contributed by atoms with van der Waals surface area (Å²) in [6.45, 7) is -4.99. The number of methoxy groups -OCH3 is 1. The SMILES string of the molecule is COc1ccc([B-](F)(F)F)c2ccccc12. The molecule has 0 saturated heterocycles. The van der Waals surface area contributed by atoms with Gasteiger partial charge in [-0.2, -0.15) is 0 Å². The quantitative estimate of drug-likeness (QED) is 0.714. The van der Waals surface area contributed by atoms with E-state index in [0.717, 1.165) is 6.07 Å². The summed E-state index contributed by atoms with van der Waals surface area (Å²) in [5.74, 6) is 0.458. The van der Waals surface area contributed by atoms with Gasteiger partial charge in [0.2, 0.25) is 0 Å². The molecule has 2 aromatic rings. The maximum atomic E-state index is 12.8. The van der Waals surface area contributed by atoms with Gasteiger partial charge in [-0.1, -0.05) is 30.3 Å². The molecule has 2 rings (SSSR count). The van der Waals surface area contributed by atoms with E-state index in [0.29, 0.717) is 11.1 Å². The summed E-state index contributed by atoms with van der Waals surface area (Å²) in [4.78, 5) is 0. The fourth-order valence-electron chi connectivity index (χ4n) is 1.76. The third-order valence-corrected chi connectivity index (χ3v) is 2.49. The Balaban J connectivity index is 2.80. The minimum atomic E-state index is -4.99. The molecule has 0 aliphatic carbocycles. The van der Waals surface area contributed by atoms with Crippen molar-refractivity contribution in [3.05, 3.63) is 36.4 Å². The Bertz CT molecular complexity index is 522. The van der Waals surface area contributed by atoms with Crippen molar-refractivity contribution >= 4 is 23.2 Å². The average molecular weight is 225 g/mol. The van der Waals surface area contributed by atoms with Crippen LogP contribution in [0.2, 0.25) is 0 Å². The average Bonchev–Trinajstić information content (AvgIpc) is 2.26. The summed E-state index contributed by atoms with van der Waals surface area (Å²) in [6, 6.07) is 8.79. The summed E-state index contributed by atoms with van der Waals surface area (Å²) in [6.07, 6.45) is 0. The Hall–Kier alpha value is -1.65. The molecule has 5 heteroatoms. The largest absolute Gasteiger partial charge is 0.510 e. The van der Waals surface area contributed by atoms with E-state index in [1.807, 2.05) is 0 Å². The minimum absolute atomic E-state index is 0.189. The summed E-state index contributed by atoms with van der Waals surface area (Å²) in [5.41, 5.74) is -0.573. The standard InChI is InChI=1S/C11H9BF3O/c1-16-11-7-6-10(12(13,14)15)8-4-2-3-5-9(8)11/h2-7H,1H3/q-1. The van der Waals surface area contributed by atoms with E-state index in [1.165, 1.54) is 19.2 Å². The van der Waals surface area contributed by atoms with Crippen LogP contribution in [0.5, 0.6) is 5.75 Å². The Morgan fingerprint density at radius 1 is 0.938 bits per heavy atom. The predicted molar refractivity (Wildman–Crippen MR) is 59.2 cm³/mol. The number of hydrogen-bond acceptors (Lipinski definition) is 1. The maximum Gasteiger partial charge on any atom is 0.510 e. The summed E-state index contributed by atoms with van der Waals surface area (Å²) in [7, 11) is 1.44. The molecule has 0 saturated carbocycles. The lowest BCUT2D eigenvalue weighted by molar-refractivity contribution is 0.420. The summed E-state index contributed by atoms with van der Waals surface area (Å²) in [5, 5.41) is 0.677. The molecule has 0 spiro atoms. The molecule has 0 aliphatic rings. The zero-order chi connectivity index (χ0) is 11.8. The number of ether oxygens (including phenoxy) is 1. The first kappa shape index (κ1) is 10.9. The van der Waals surface area contributed by atoms with Crippen molar-refractivity contribution in [3.8, 4) is 5.75 Å². The van der Waals surface area contributed by atoms with Crippen molar-refractivity contribution in [2.75, 3.05) is 7.11 Å². The zero-order valence-electron chi connectivity index (χ0n) is 8.58. The fourth-order valence-corrected chi connectivity index (χ4v) is 1.76. The Morgan fingerprint density at radius 2 is 1.56 bits per heavy atom. The molecule has 0 amide bonds. The minimum Gasteiger partial charge on any atom is -0.496 e. The first-order valence-electron chi connectivity index (χ1n) is 4.79. The van der Waals surface area contributed by atoms with E-state index < -0.39 is 12.4 Å². The molecule has 84 valence electrons. The van der Waals surface area contributed by atoms with Crippen LogP contribution in [0.3, 0.4) is 0 Å². The lowest BCUT2D eigenvalue weighted by atomic mass is 9.77. The second-order valence-electron chi connectivity index (χ2n) is 3.48. The number of hydrogen-bond donors (Lipinski definition) is 0. The van der Waals surface area contributed by atoms with Crippen molar-refractivity contribution < 1.29 is 17.7 Å². The van der Waals surface area contributed by atoms with Crippen LogP contribution in [0.1, 0.15) is 0 Å². The molecule has 1 nitrogen and oxygen atoms in total. The summed E-state index contributed by atoms with van der Waals surface area (Å²) < 4.78 is 43.4.